The van der Waals surface area contributed by atoms with Gasteiger partial charge < -0.3 is 19.7 Å². The van der Waals surface area contributed by atoms with Gasteiger partial charge in [0.05, 0.1) is 6.61 Å². The minimum Gasteiger partial charge on any atom is -0.468 e. The summed E-state index contributed by atoms with van der Waals surface area (Å²) >= 11 is 0. The molecule has 0 unspecified atom stereocenters. The predicted octanol–water partition coefficient (Wildman–Crippen LogP) is 3.07. The molecule has 0 amide bonds. The van der Waals surface area contributed by atoms with Crippen molar-refractivity contribution in [2.24, 2.45) is 10.9 Å². The van der Waals surface area contributed by atoms with Gasteiger partial charge >= 0.3 is 6.18 Å². The number of hydrogen-bond donors (Lipinski definition) is 1. The summed E-state index contributed by atoms with van der Waals surface area (Å²) in [5.74, 6) is 1.35. The van der Waals surface area contributed by atoms with E-state index in [2.05, 4.69) is 20.0 Å². The summed E-state index contributed by atoms with van der Waals surface area (Å²) in [6.07, 6.45) is -0.442. The van der Waals surface area contributed by atoms with E-state index in [1.165, 1.54) is 25.1 Å². The van der Waals surface area contributed by atoms with Gasteiger partial charge in [-0.15, -0.1) is 24.0 Å². The molecule has 1 aromatic rings. The lowest BCUT2D eigenvalue weighted by molar-refractivity contribution is -0.154. The minimum atomic E-state index is -4.39. The molecule has 0 aromatic carbocycles. The zero-order valence-corrected chi connectivity index (χ0v) is 17.8. The Balaban J connectivity index is 0.00000364. The normalized spacial score (nSPS) is 14.5. The summed E-state index contributed by atoms with van der Waals surface area (Å²) in [6, 6.07) is 3.18. The van der Waals surface area contributed by atoms with Crippen molar-refractivity contribution >= 4 is 29.9 Å². The fourth-order valence-electron chi connectivity index (χ4n) is 2.20. The molecule has 154 valence electrons. The Labute approximate surface area is 174 Å². The first-order chi connectivity index (χ1) is 12.4. The van der Waals surface area contributed by atoms with Crippen LogP contribution in [0.2, 0.25) is 0 Å². The zero-order valence-electron chi connectivity index (χ0n) is 15.5. The highest BCUT2D eigenvalue weighted by atomic mass is 127. The van der Waals surface area contributed by atoms with Crippen molar-refractivity contribution in [1.82, 2.24) is 15.2 Å². The molecular formula is C17H26F3IN4O2. The van der Waals surface area contributed by atoms with Crippen LogP contribution in [-0.4, -0.2) is 62.5 Å². The number of halogens is 4. The molecule has 0 spiro atoms. The fourth-order valence-corrected chi connectivity index (χ4v) is 2.20. The molecule has 0 radical (unpaired) electrons. The van der Waals surface area contributed by atoms with E-state index in [1.807, 2.05) is 11.9 Å². The van der Waals surface area contributed by atoms with Gasteiger partial charge in [0.15, 0.2) is 12.6 Å². The summed E-state index contributed by atoms with van der Waals surface area (Å²) in [6.45, 7) is 1.17. The largest absolute Gasteiger partial charge is 0.468 e. The maximum absolute atomic E-state index is 12.2. The van der Waals surface area contributed by atoms with E-state index >= 15 is 0 Å². The van der Waals surface area contributed by atoms with Gasteiger partial charge in [0.2, 0.25) is 5.88 Å². The number of aromatic nitrogens is 1. The molecule has 1 saturated carbocycles. The van der Waals surface area contributed by atoms with Gasteiger partial charge in [-0.25, -0.2) is 4.98 Å². The van der Waals surface area contributed by atoms with Crippen molar-refractivity contribution in [3.63, 3.8) is 0 Å². The molecule has 0 bridgehead atoms. The van der Waals surface area contributed by atoms with E-state index in [-0.39, 0.29) is 29.9 Å². The third-order valence-corrected chi connectivity index (χ3v) is 3.83. The van der Waals surface area contributed by atoms with Crippen molar-refractivity contribution in [2.75, 3.05) is 40.5 Å². The second-order valence-corrected chi connectivity index (χ2v) is 6.25. The standard InChI is InChI=1S/C17H25F3N4O2.HI/c1-21-16(24(2)7-8-25-11-13-3-4-13)23-10-14-5-6-22-15(9-14)26-12-17(18,19)20;/h5-6,9,13H,3-4,7-8,10-12H2,1-2H3,(H,21,23);1H. The van der Waals surface area contributed by atoms with Crippen LogP contribution < -0.4 is 10.1 Å². The van der Waals surface area contributed by atoms with E-state index in [0.29, 0.717) is 25.7 Å². The molecule has 1 N–H and O–H groups in total. The number of alkyl halides is 3. The van der Waals surface area contributed by atoms with Crippen molar-refractivity contribution in [1.29, 1.82) is 0 Å². The molecule has 1 aliphatic carbocycles. The number of pyridine rings is 1. The lowest BCUT2D eigenvalue weighted by atomic mass is 10.2. The van der Waals surface area contributed by atoms with Gasteiger partial charge in [0.1, 0.15) is 0 Å². The summed E-state index contributed by atoms with van der Waals surface area (Å²) in [7, 11) is 3.58. The molecule has 1 aromatic heterocycles. The second-order valence-electron chi connectivity index (χ2n) is 6.25. The summed E-state index contributed by atoms with van der Waals surface area (Å²) in [5.41, 5.74) is 0.747. The Morgan fingerprint density at radius 1 is 1.41 bits per heavy atom. The van der Waals surface area contributed by atoms with Crippen molar-refractivity contribution in [2.45, 2.75) is 25.6 Å². The van der Waals surface area contributed by atoms with Gasteiger partial charge in [0, 0.05) is 46.1 Å². The number of aliphatic imine (C=N–C) groups is 1. The maximum atomic E-state index is 12.2. The third kappa shape index (κ3) is 9.99. The molecule has 0 saturated heterocycles. The van der Waals surface area contributed by atoms with Crippen LogP contribution in [0.4, 0.5) is 13.2 Å². The summed E-state index contributed by atoms with van der Waals surface area (Å²) in [4.78, 5) is 9.93. The van der Waals surface area contributed by atoms with E-state index in [4.69, 9.17) is 4.74 Å². The number of likely N-dealkylation sites (N-methyl/N-ethyl adjacent to an activating group) is 1. The molecule has 10 heteroatoms. The lowest BCUT2D eigenvalue weighted by Gasteiger charge is -2.22. The number of guanidine groups is 1. The first kappa shape index (κ1) is 23.7. The van der Waals surface area contributed by atoms with Crippen molar-refractivity contribution in [3.05, 3.63) is 23.9 Å². The van der Waals surface area contributed by atoms with Crippen molar-refractivity contribution in [3.8, 4) is 5.88 Å². The Hall–Kier alpha value is -1.30. The fraction of sp³-hybridized carbons (Fsp3) is 0.647. The van der Waals surface area contributed by atoms with E-state index in [1.54, 1.807) is 13.1 Å². The highest BCUT2D eigenvalue weighted by Crippen LogP contribution is 2.28. The monoisotopic (exact) mass is 502 g/mol. The smallest absolute Gasteiger partial charge is 0.422 e. The molecular weight excluding hydrogens is 476 g/mol. The number of hydrogen-bond acceptors (Lipinski definition) is 4. The maximum Gasteiger partial charge on any atom is 0.422 e. The number of rotatable bonds is 9. The molecule has 1 fully saturated rings. The Morgan fingerprint density at radius 3 is 2.78 bits per heavy atom. The zero-order chi connectivity index (χ0) is 19.0. The van der Waals surface area contributed by atoms with Gasteiger partial charge in [-0.3, -0.25) is 4.99 Å². The topological polar surface area (TPSA) is 59.0 Å². The molecule has 6 nitrogen and oxygen atoms in total. The van der Waals surface area contributed by atoms with Crippen LogP contribution in [0.25, 0.3) is 0 Å². The Morgan fingerprint density at radius 2 is 2.15 bits per heavy atom. The van der Waals surface area contributed by atoms with Gasteiger partial charge in [-0.05, 0) is 30.4 Å². The molecule has 0 atom stereocenters. The molecule has 2 rings (SSSR count). The highest BCUT2D eigenvalue weighted by Gasteiger charge is 2.28. The van der Waals surface area contributed by atoms with Crippen LogP contribution >= 0.6 is 24.0 Å². The van der Waals surface area contributed by atoms with E-state index < -0.39 is 12.8 Å². The van der Waals surface area contributed by atoms with Crippen LogP contribution in [0, 0.1) is 5.92 Å². The lowest BCUT2D eigenvalue weighted by Crippen LogP contribution is -2.40. The van der Waals surface area contributed by atoms with Crippen LogP contribution in [0.5, 0.6) is 5.88 Å². The van der Waals surface area contributed by atoms with Gasteiger partial charge in [-0.1, -0.05) is 0 Å². The Kier molecular flexibility index (Phi) is 10.1. The molecule has 1 heterocycles. The quantitative estimate of drug-likeness (QED) is 0.244. The van der Waals surface area contributed by atoms with E-state index in [9.17, 15) is 13.2 Å². The molecule has 27 heavy (non-hydrogen) atoms. The van der Waals surface area contributed by atoms with Crippen LogP contribution in [-0.2, 0) is 11.3 Å². The summed E-state index contributed by atoms with van der Waals surface area (Å²) < 4.78 is 46.9. The molecule has 1 aliphatic rings. The van der Waals surface area contributed by atoms with Crippen LogP contribution in [0.1, 0.15) is 18.4 Å². The SMILES string of the molecule is CN=C(NCc1ccnc(OCC(F)(F)F)c1)N(C)CCOCC1CC1.I. The van der Waals surface area contributed by atoms with Crippen LogP contribution in [0.15, 0.2) is 23.3 Å². The average molecular weight is 502 g/mol. The predicted molar refractivity (Wildman–Crippen MR) is 108 cm³/mol. The first-order valence-corrected chi connectivity index (χ1v) is 8.51. The Bertz CT molecular complexity index is 598. The highest BCUT2D eigenvalue weighted by molar-refractivity contribution is 14.0. The van der Waals surface area contributed by atoms with Crippen molar-refractivity contribution < 1.29 is 22.6 Å². The second kappa shape index (κ2) is 11.5. The molecule has 0 aliphatic heterocycles. The number of nitrogens with one attached hydrogen (secondary N) is 1. The van der Waals surface area contributed by atoms with E-state index in [0.717, 1.165) is 18.1 Å². The first-order valence-electron chi connectivity index (χ1n) is 8.51. The number of nitrogens with zero attached hydrogens (tertiary/aromatic N) is 3. The van der Waals surface area contributed by atoms with Gasteiger partial charge in [-0.2, -0.15) is 13.2 Å². The van der Waals surface area contributed by atoms with Gasteiger partial charge in [0.25, 0.3) is 0 Å². The minimum absolute atomic E-state index is 0. The van der Waals surface area contributed by atoms with Crippen LogP contribution in [0.3, 0.4) is 0 Å². The third-order valence-electron chi connectivity index (χ3n) is 3.83. The number of ether oxygens (including phenoxy) is 2. The summed E-state index contributed by atoms with van der Waals surface area (Å²) in [5, 5.41) is 3.16. The average Bonchev–Trinajstić information content (AvgIpc) is 3.41.